The molecule has 0 aromatic heterocycles. The Bertz CT molecular complexity index is 82.7. The molecule has 0 unspecified atom stereocenters. The SMILES string of the molecule is CC(C)CC[C@H]1CCOC1. The zero-order valence-corrected chi connectivity index (χ0v) is 7.10. The molecule has 1 nitrogen and oxygen atoms in total. The molecule has 1 heteroatoms. The van der Waals surface area contributed by atoms with E-state index in [9.17, 15) is 0 Å². The predicted molar refractivity (Wildman–Crippen MR) is 43.0 cm³/mol. The Morgan fingerprint density at radius 3 is 2.80 bits per heavy atom. The lowest BCUT2D eigenvalue weighted by Crippen LogP contribution is -2.00. The van der Waals surface area contributed by atoms with Crippen molar-refractivity contribution in [2.75, 3.05) is 13.2 Å². The third kappa shape index (κ3) is 2.70. The first-order valence-corrected chi connectivity index (χ1v) is 4.37. The Morgan fingerprint density at radius 1 is 1.50 bits per heavy atom. The van der Waals surface area contributed by atoms with Gasteiger partial charge in [0.05, 0.1) is 0 Å². The molecule has 1 aliphatic rings. The van der Waals surface area contributed by atoms with Crippen molar-refractivity contribution in [2.45, 2.75) is 33.1 Å². The van der Waals surface area contributed by atoms with Gasteiger partial charge in [0, 0.05) is 13.2 Å². The molecule has 1 rings (SSSR count). The van der Waals surface area contributed by atoms with Crippen LogP contribution in [0.3, 0.4) is 0 Å². The summed E-state index contributed by atoms with van der Waals surface area (Å²) in [4.78, 5) is 0. The van der Waals surface area contributed by atoms with E-state index in [0.29, 0.717) is 0 Å². The molecule has 0 aromatic carbocycles. The van der Waals surface area contributed by atoms with E-state index in [1.165, 1.54) is 19.3 Å². The minimum atomic E-state index is 0.862. The lowest BCUT2D eigenvalue weighted by molar-refractivity contribution is 0.183. The lowest BCUT2D eigenvalue weighted by Gasteiger charge is -2.08. The molecule has 0 aromatic rings. The second-order valence-corrected chi connectivity index (χ2v) is 3.70. The van der Waals surface area contributed by atoms with Crippen LogP contribution in [0.5, 0.6) is 0 Å². The quantitative estimate of drug-likeness (QED) is 0.588. The van der Waals surface area contributed by atoms with E-state index in [-0.39, 0.29) is 0 Å². The minimum Gasteiger partial charge on any atom is -0.381 e. The van der Waals surface area contributed by atoms with Gasteiger partial charge in [-0.25, -0.2) is 0 Å². The van der Waals surface area contributed by atoms with Crippen LogP contribution in [0.15, 0.2) is 0 Å². The van der Waals surface area contributed by atoms with E-state index < -0.39 is 0 Å². The molecule has 0 bridgehead atoms. The maximum Gasteiger partial charge on any atom is 0.0495 e. The molecule has 60 valence electrons. The molecular weight excluding hydrogens is 124 g/mol. The van der Waals surface area contributed by atoms with Crippen LogP contribution in [0.25, 0.3) is 0 Å². The molecule has 1 saturated heterocycles. The van der Waals surface area contributed by atoms with Crippen LogP contribution in [0.2, 0.25) is 0 Å². The number of ether oxygens (including phenoxy) is 1. The van der Waals surface area contributed by atoms with Crippen molar-refractivity contribution in [3.05, 3.63) is 0 Å². The van der Waals surface area contributed by atoms with Gasteiger partial charge in [-0.2, -0.15) is 0 Å². The molecule has 1 atom stereocenters. The zero-order chi connectivity index (χ0) is 7.40. The van der Waals surface area contributed by atoms with Crippen LogP contribution in [0.4, 0.5) is 0 Å². The summed E-state index contributed by atoms with van der Waals surface area (Å²) in [7, 11) is 0. The Morgan fingerprint density at radius 2 is 2.30 bits per heavy atom. The summed E-state index contributed by atoms with van der Waals surface area (Å²) in [5.74, 6) is 1.74. The summed E-state index contributed by atoms with van der Waals surface area (Å²) in [5.41, 5.74) is 0. The largest absolute Gasteiger partial charge is 0.381 e. The molecule has 0 spiro atoms. The summed E-state index contributed by atoms with van der Waals surface area (Å²) in [6.07, 6.45) is 4.04. The molecule has 10 heavy (non-hydrogen) atoms. The molecular formula is C9H18O. The predicted octanol–water partition coefficient (Wildman–Crippen LogP) is 2.46. The van der Waals surface area contributed by atoms with Crippen molar-refractivity contribution in [1.29, 1.82) is 0 Å². The molecule has 0 amide bonds. The van der Waals surface area contributed by atoms with Crippen molar-refractivity contribution in [2.24, 2.45) is 11.8 Å². The van der Waals surface area contributed by atoms with E-state index in [1.54, 1.807) is 0 Å². The van der Waals surface area contributed by atoms with E-state index in [1.807, 2.05) is 0 Å². The van der Waals surface area contributed by atoms with Crippen molar-refractivity contribution >= 4 is 0 Å². The Balaban J connectivity index is 2.01. The van der Waals surface area contributed by atoms with Gasteiger partial charge in [0.15, 0.2) is 0 Å². The summed E-state index contributed by atoms with van der Waals surface area (Å²) in [5, 5.41) is 0. The van der Waals surface area contributed by atoms with Crippen molar-refractivity contribution < 1.29 is 4.74 Å². The fourth-order valence-electron chi connectivity index (χ4n) is 1.38. The first kappa shape index (κ1) is 8.06. The first-order valence-electron chi connectivity index (χ1n) is 4.37. The van der Waals surface area contributed by atoms with Gasteiger partial charge in [0.1, 0.15) is 0 Å². The van der Waals surface area contributed by atoms with Gasteiger partial charge in [-0.05, 0) is 24.7 Å². The Kier molecular flexibility index (Phi) is 3.20. The van der Waals surface area contributed by atoms with Gasteiger partial charge in [-0.1, -0.05) is 20.3 Å². The molecule has 1 heterocycles. The van der Waals surface area contributed by atoms with Gasteiger partial charge in [0.2, 0.25) is 0 Å². The summed E-state index contributed by atoms with van der Waals surface area (Å²) >= 11 is 0. The fourth-order valence-corrected chi connectivity index (χ4v) is 1.38. The highest BCUT2D eigenvalue weighted by Gasteiger charge is 2.14. The normalized spacial score (nSPS) is 26.1. The molecule has 0 N–H and O–H groups in total. The number of hydrogen-bond donors (Lipinski definition) is 0. The van der Waals surface area contributed by atoms with Gasteiger partial charge >= 0.3 is 0 Å². The van der Waals surface area contributed by atoms with E-state index >= 15 is 0 Å². The van der Waals surface area contributed by atoms with Crippen LogP contribution in [0, 0.1) is 11.8 Å². The molecule has 0 aliphatic carbocycles. The van der Waals surface area contributed by atoms with Gasteiger partial charge < -0.3 is 4.74 Å². The molecule has 0 radical (unpaired) electrons. The highest BCUT2D eigenvalue weighted by atomic mass is 16.5. The maximum atomic E-state index is 5.29. The highest BCUT2D eigenvalue weighted by molar-refractivity contribution is 4.64. The maximum absolute atomic E-state index is 5.29. The number of rotatable bonds is 3. The number of hydrogen-bond acceptors (Lipinski definition) is 1. The Labute approximate surface area is 63.8 Å². The van der Waals surface area contributed by atoms with Crippen molar-refractivity contribution in [3.63, 3.8) is 0 Å². The smallest absolute Gasteiger partial charge is 0.0495 e. The van der Waals surface area contributed by atoms with Crippen LogP contribution < -0.4 is 0 Å². The topological polar surface area (TPSA) is 9.23 Å². The van der Waals surface area contributed by atoms with Crippen LogP contribution in [-0.4, -0.2) is 13.2 Å². The van der Waals surface area contributed by atoms with Crippen LogP contribution >= 0.6 is 0 Å². The average molecular weight is 142 g/mol. The molecule has 0 saturated carbocycles. The van der Waals surface area contributed by atoms with Crippen molar-refractivity contribution in [1.82, 2.24) is 0 Å². The van der Waals surface area contributed by atoms with Crippen molar-refractivity contribution in [3.8, 4) is 0 Å². The van der Waals surface area contributed by atoms with Crippen LogP contribution in [0.1, 0.15) is 33.1 Å². The lowest BCUT2D eigenvalue weighted by atomic mass is 9.97. The van der Waals surface area contributed by atoms with Crippen LogP contribution in [-0.2, 0) is 4.74 Å². The third-order valence-corrected chi connectivity index (χ3v) is 2.18. The monoisotopic (exact) mass is 142 g/mol. The average Bonchev–Trinajstić information content (AvgIpc) is 2.34. The third-order valence-electron chi connectivity index (χ3n) is 2.18. The van der Waals surface area contributed by atoms with Gasteiger partial charge in [-0.3, -0.25) is 0 Å². The highest BCUT2D eigenvalue weighted by Crippen LogP contribution is 2.20. The van der Waals surface area contributed by atoms with Gasteiger partial charge in [0.25, 0.3) is 0 Å². The van der Waals surface area contributed by atoms with Gasteiger partial charge in [-0.15, -0.1) is 0 Å². The standard InChI is InChI=1S/C9H18O/c1-8(2)3-4-9-5-6-10-7-9/h8-9H,3-7H2,1-2H3/t9-/m0/s1. The second kappa shape index (κ2) is 3.97. The summed E-state index contributed by atoms with van der Waals surface area (Å²) < 4.78 is 5.29. The zero-order valence-electron chi connectivity index (χ0n) is 7.10. The first-order chi connectivity index (χ1) is 4.79. The van der Waals surface area contributed by atoms with E-state index in [4.69, 9.17) is 4.74 Å². The molecule has 1 fully saturated rings. The summed E-state index contributed by atoms with van der Waals surface area (Å²) in [6.45, 7) is 6.60. The fraction of sp³-hybridized carbons (Fsp3) is 1.00. The summed E-state index contributed by atoms with van der Waals surface area (Å²) in [6, 6.07) is 0. The Hall–Kier alpha value is -0.0400. The second-order valence-electron chi connectivity index (χ2n) is 3.70. The van der Waals surface area contributed by atoms with E-state index in [0.717, 1.165) is 25.0 Å². The molecule has 1 aliphatic heterocycles. The minimum absolute atomic E-state index is 0.862. The van der Waals surface area contributed by atoms with E-state index in [2.05, 4.69) is 13.8 Å².